The van der Waals surface area contributed by atoms with E-state index in [0.717, 1.165) is 39.3 Å². The molecular weight excluding hydrogens is 244 g/mol. The van der Waals surface area contributed by atoms with Crippen LogP contribution < -0.4 is 5.32 Å². The molecule has 114 valence electrons. The molecule has 0 saturated carbocycles. The van der Waals surface area contributed by atoms with Gasteiger partial charge >= 0.3 is 0 Å². The highest BCUT2D eigenvalue weighted by Gasteiger charge is 2.36. The van der Waals surface area contributed by atoms with Gasteiger partial charge in [0, 0.05) is 38.2 Å². The fourth-order valence-corrected chi connectivity index (χ4v) is 2.62. The number of hydrogen-bond acceptors (Lipinski definition) is 5. The summed E-state index contributed by atoms with van der Waals surface area (Å²) in [7, 11) is 0. The van der Waals surface area contributed by atoms with E-state index in [1.54, 1.807) is 0 Å². The molecule has 0 spiro atoms. The first-order valence-corrected chi connectivity index (χ1v) is 7.34. The standard InChI is InChI=1S/C14H30N2O3/c1-13(2)9-15-10-14(3-8-19-12-14)11-16(4-6-17)5-7-18/h13,15,17-18H,3-12H2,1-2H3. The third-order valence-corrected chi connectivity index (χ3v) is 3.63. The first kappa shape index (κ1) is 16.9. The number of hydrogen-bond donors (Lipinski definition) is 3. The lowest BCUT2D eigenvalue weighted by atomic mass is 9.86. The maximum atomic E-state index is 9.10. The molecule has 1 saturated heterocycles. The second kappa shape index (κ2) is 8.87. The van der Waals surface area contributed by atoms with Gasteiger partial charge in [0.1, 0.15) is 0 Å². The number of ether oxygens (including phenoxy) is 1. The molecule has 0 bridgehead atoms. The van der Waals surface area contributed by atoms with Gasteiger partial charge in [0.25, 0.3) is 0 Å². The Labute approximate surface area is 116 Å². The van der Waals surface area contributed by atoms with Gasteiger partial charge < -0.3 is 20.3 Å². The molecule has 0 aromatic carbocycles. The maximum Gasteiger partial charge on any atom is 0.0558 e. The van der Waals surface area contributed by atoms with Crippen LogP contribution >= 0.6 is 0 Å². The minimum Gasteiger partial charge on any atom is -0.395 e. The summed E-state index contributed by atoms with van der Waals surface area (Å²) in [6, 6.07) is 0. The van der Waals surface area contributed by atoms with Gasteiger partial charge in [0.05, 0.1) is 19.8 Å². The van der Waals surface area contributed by atoms with Crippen LogP contribution in [0.3, 0.4) is 0 Å². The summed E-state index contributed by atoms with van der Waals surface area (Å²) in [6.45, 7) is 10.3. The van der Waals surface area contributed by atoms with Gasteiger partial charge in [-0.3, -0.25) is 4.90 Å². The van der Waals surface area contributed by atoms with Crippen LogP contribution in [0.25, 0.3) is 0 Å². The van der Waals surface area contributed by atoms with Gasteiger partial charge in [0.15, 0.2) is 0 Å². The molecule has 1 rings (SSSR count). The molecule has 5 nitrogen and oxygen atoms in total. The Morgan fingerprint density at radius 1 is 1.26 bits per heavy atom. The summed E-state index contributed by atoms with van der Waals surface area (Å²) in [5.41, 5.74) is 0.124. The van der Waals surface area contributed by atoms with Crippen LogP contribution in [0.1, 0.15) is 20.3 Å². The molecule has 1 atom stereocenters. The maximum absolute atomic E-state index is 9.10. The van der Waals surface area contributed by atoms with E-state index in [1.165, 1.54) is 0 Å². The Morgan fingerprint density at radius 2 is 1.95 bits per heavy atom. The Kier molecular flexibility index (Phi) is 7.87. The van der Waals surface area contributed by atoms with Crippen LogP contribution in [-0.4, -0.2) is 74.3 Å². The second-order valence-corrected chi connectivity index (χ2v) is 6.05. The molecule has 1 unspecified atom stereocenters. The molecule has 0 aliphatic carbocycles. The average molecular weight is 274 g/mol. The molecule has 1 aliphatic heterocycles. The topological polar surface area (TPSA) is 65.0 Å². The van der Waals surface area contributed by atoms with E-state index >= 15 is 0 Å². The van der Waals surface area contributed by atoms with Crippen molar-refractivity contribution in [3.8, 4) is 0 Å². The zero-order valence-electron chi connectivity index (χ0n) is 12.4. The minimum absolute atomic E-state index is 0.124. The predicted octanol–water partition coefficient (Wildman–Crippen LogP) is -0.0747. The third kappa shape index (κ3) is 6.19. The molecule has 0 radical (unpaired) electrons. The van der Waals surface area contributed by atoms with Crippen LogP contribution in [0.5, 0.6) is 0 Å². The van der Waals surface area contributed by atoms with Crippen LogP contribution in [0, 0.1) is 11.3 Å². The fourth-order valence-electron chi connectivity index (χ4n) is 2.62. The van der Waals surface area contributed by atoms with Crippen molar-refractivity contribution in [2.24, 2.45) is 11.3 Å². The summed E-state index contributed by atoms with van der Waals surface area (Å²) < 4.78 is 5.58. The van der Waals surface area contributed by atoms with Crippen molar-refractivity contribution in [1.29, 1.82) is 0 Å². The van der Waals surface area contributed by atoms with Crippen molar-refractivity contribution >= 4 is 0 Å². The lowest BCUT2D eigenvalue weighted by Gasteiger charge is -2.34. The van der Waals surface area contributed by atoms with Gasteiger partial charge in [-0.1, -0.05) is 13.8 Å². The van der Waals surface area contributed by atoms with E-state index in [1.807, 2.05) is 0 Å². The number of aliphatic hydroxyl groups is 2. The average Bonchev–Trinajstić information content (AvgIpc) is 2.78. The number of aliphatic hydroxyl groups excluding tert-OH is 2. The molecule has 5 heteroatoms. The molecule has 0 amide bonds. The van der Waals surface area contributed by atoms with Gasteiger partial charge in [-0.2, -0.15) is 0 Å². The van der Waals surface area contributed by atoms with E-state index in [0.29, 0.717) is 19.0 Å². The van der Waals surface area contributed by atoms with Crippen LogP contribution in [0.4, 0.5) is 0 Å². The van der Waals surface area contributed by atoms with Crippen LogP contribution in [0.2, 0.25) is 0 Å². The summed E-state index contributed by atoms with van der Waals surface area (Å²) in [6.07, 6.45) is 1.05. The zero-order valence-corrected chi connectivity index (χ0v) is 12.4. The Bertz CT molecular complexity index is 225. The summed E-state index contributed by atoms with van der Waals surface area (Å²) in [4.78, 5) is 2.13. The van der Waals surface area contributed by atoms with Crippen molar-refractivity contribution in [3.63, 3.8) is 0 Å². The van der Waals surface area contributed by atoms with Gasteiger partial charge in [-0.15, -0.1) is 0 Å². The Morgan fingerprint density at radius 3 is 2.42 bits per heavy atom. The molecular formula is C14H30N2O3. The van der Waals surface area contributed by atoms with Gasteiger partial charge in [0.2, 0.25) is 0 Å². The number of rotatable bonds is 10. The Balaban J connectivity index is 2.49. The van der Waals surface area contributed by atoms with Gasteiger partial charge in [-0.05, 0) is 18.9 Å². The largest absolute Gasteiger partial charge is 0.395 e. The van der Waals surface area contributed by atoms with E-state index in [4.69, 9.17) is 14.9 Å². The van der Waals surface area contributed by atoms with Crippen molar-refractivity contribution in [3.05, 3.63) is 0 Å². The minimum atomic E-state index is 0.124. The Hall–Kier alpha value is -0.200. The van der Waals surface area contributed by atoms with Crippen molar-refractivity contribution in [2.45, 2.75) is 20.3 Å². The normalized spacial score (nSPS) is 23.7. The first-order valence-electron chi connectivity index (χ1n) is 7.34. The highest BCUT2D eigenvalue weighted by atomic mass is 16.5. The predicted molar refractivity (Wildman–Crippen MR) is 76.2 cm³/mol. The van der Waals surface area contributed by atoms with E-state index in [2.05, 4.69) is 24.1 Å². The third-order valence-electron chi connectivity index (χ3n) is 3.63. The lowest BCUT2D eigenvalue weighted by molar-refractivity contribution is 0.0849. The highest BCUT2D eigenvalue weighted by molar-refractivity contribution is 4.88. The van der Waals surface area contributed by atoms with Crippen LogP contribution in [-0.2, 0) is 4.74 Å². The fraction of sp³-hybridized carbons (Fsp3) is 1.00. The van der Waals surface area contributed by atoms with Crippen molar-refractivity contribution in [2.75, 3.05) is 59.2 Å². The lowest BCUT2D eigenvalue weighted by Crippen LogP contribution is -2.46. The molecule has 19 heavy (non-hydrogen) atoms. The molecule has 3 N–H and O–H groups in total. The summed E-state index contributed by atoms with van der Waals surface area (Å²) in [5, 5.41) is 21.7. The first-order chi connectivity index (χ1) is 9.12. The summed E-state index contributed by atoms with van der Waals surface area (Å²) >= 11 is 0. The SMILES string of the molecule is CC(C)CNCC1(CN(CCO)CCO)CCOC1. The molecule has 0 aromatic heterocycles. The zero-order chi connectivity index (χ0) is 14.1. The molecule has 1 aliphatic rings. The van der Waals surface area contributed by atoms with Gasteiger partial charge in [-0.25, -0.2) is 0 Å². The molecule has 0 aromatic rings. The second-order valence-electron chi connectivity index (χ2n) is 6.05. The number of nitrogens with zero attached hydrogens (tertiary/aromatic N) is 1. The van der Waals surface area contributed by atoms with E-state index < -0.39 is 0 Å². The quantitative estimate of drug-likeness (QED) is 0.520. The van der Waals surface area contributed by atoms with Crippen molar-refractivity contribution < 1.29 is 14.9 Å². The van der Waals surface area contributed by atoms with E-state index in [-0.39, 0.29) is 18.6 Å². The van der Waals surface area contributed by atoms with Crippen LogP contribution in [0.15, 0.2) is 0 Å². The molecule has 1 fully saturated rings. The summed E-state index contributed by atoms with van der Waals surface area (Å²) in [5.74, 6) is 0.644. The number of nitrogens with one attached hydrogen (secondary N) is 1. The molecule has 1 heterocycles. The van der Waals surface area contributed by atoms with E-state index in [9.17, 15) is 0 Å². The van der Waals surface area contributed by atoms with Crippen molar-refractivity contribution in [1.82, 2.24) is 10.2 Å². The highest BCUT2D eigenvalue weighted by Crippen LogP contribution is 2.29. The monoisotopic (exact) mass is 274 g/mol. The smallest absolute Gasteiger partial charge is 0.0558 e.